The predicted molar refractivity (Wildman–Crippen MR) is 81.1 cm³/mol. The second-order valence-electron chi connectivity index (χ2n) is 5.12. The van der Waals surface area contributed by atoms with Gasteiger partial charge in [-0.15, -0.1) is 0 Å². The lowest BCUT2D eigenvalue weighted by molar-refractivity contribution is 0.186. The van der Waals surface area contributed by atoms with Crippen molar-refractivity contribution in [1.29, 1.82) is 0 Å². The Morgan fingerprint density at radius 1 is 1.05 bits per heavy atom. The van der Waals surface area contributed by atoms with Gasteiger partial charge in [-0.3, -0.25) is 0 Å². The molecule has 1 unspecified atom stereocenters. The van der Waals surface area contributed by atoms with Crippen LogP contribution in [0.1, 0.15) is 37.0 Å². The molecule has 2 rings (SSSR count). The van der Waals surface area contributed by atoms with Crippen molar-refractivity contribution in [3.05, 3.63) is 59.7 Å². The Kier molecular flexibility index (Phi) is 4.77. The van der Waals surface area contributed by atoms with Crippen molar-refractivity contribution in [3.63, 3.8) is 0 Å². The number of rotatable bonds is 5. The van der Waals surface area contributed by atoms with Crippen LogP contribution in [0, 0.1) is 0 Å². The highest BCUT2D eigenvalue weighted by Gasteiger charge is 2.09. The summed E-state index contributed by atoms with van der Waals surface area (Å²) in [5, 5.41) is 9.66. The minimum atomic E-state index is -0.619. The molecule has 0 bridgehead atoms. The van der Waals surface area contributed by atoms with Crippen molar-refractivity contribution in [2.45, 2.75) is 25.9 Å². The topological polar surface area (TPSA) is 55.5 Å². The van der Waals surface area contributed by atoms with Gasteiger partial charge in [0, 0.05) is 6.54 Å². The summed E-state index contributed by atoms with van der Waals surface area (Å²) in [6.07, 6.45) is -0.619. The van der Waals surface area contributed by atoms with Gasteiger partial charge in [0.1, 0.15) is 11.5 Å². The Labute approximate surface area is 120 Å². The minimum Gasteiger partial charge on any atom is -0.457 e. The van der Waals surface area contributed by atoms with Crippen LogP contribution in [0.2, 0.25) is 0 Å². The van der Waals surface area contributed by atoms with E-state index in [1.165, 1.54) is 5.56 Å². The quantitative estimate of drug-likeness (QED) is 0.873. The molecule has 0 amide bonds. The van der Waals surface area contributed by atoms with E-state index in [1.807, 2.05) is 42.5 Å². The standard InChI is InChI=1S/C17H21NO2/c1-12(2)15-5-3-4-6-17(15)20-14-9-7-13(8-10-14)16(19)11-18/h3-10,12,16,19H,11,18H2,1-2H3. The van der Waals surface area contributed by atoms with Crippen LogP contribution in [0.25, 0.3) is 0 Å². The Bertz CT molecular complexity index is 549. The number of para-hydroxylation sites is 1. The summed E-state index contributed by atoms with van der Waals surface area (Å²) in [5.41, 5.74) is 7.42. The smallest absolute Gasteiger partial charge is 0.130 e. The molecule has 0 aliphatic rings. The van der Waals surface area contributed by atoms with Crippen LogP contribution in [0.15, 0.2) is 48.5 Å². The lowest BCUT2D eigenvalue weighted by Crippen LogP contribution is -2.11. The van der Waals surface area contributed by atoms with Crippen LogP contribution in [0.3, 0.4) is 0 Å². The Morgan fingerprint density at radius 3 is 2.30 bits per heavy atom. The van der Waals surface area contributed by atoms with Gasteiger partial charge in [-0.1, -0.05) is 44.2 Å². The van der Waals surface area contributed by atoms with Crippen molar-refractivity contribution in [3.8, 4) is 11.5 Å². The number of hydrogen-bond acceptors (Lipinski definition) is 3. The zero-order valence-corrected chi connectivity index (χ0v) is 11.9. The van der Waals surface area contributed by atoms with Gasteiger partial charge in [0.2, 0.25) is 0 Å². The van der Waals surface area contributed by atoms with Gasteiger partial charge in [0.05, 0.1) is 6.10 Å². The molecule has 3 nitrogen and oxygen atoms in total. The summed E-state index contributed by atoms with van der Waals surface area (Å²) in [4.78, 5) is 0. The molecule has 20 heavy (non-hydrogen) atoms. The second-order valence-corrected chi connectivity index (χ2v) is 5.12. The molecule has 3 heteroatoms. The van der Waals surface area contributed by atoms with E-state index in [9.17, 15) is 5.11 Å². The third kappa shape index (κ3) is 3.38. The molecule has 0 heterocycles. The lowest BCUT2D eigenvalue weighted by Gasteiger charge is -2.14. The monoisotopic (exact) mass is 271 g/mol. The molecular weight excluding hydrogens is 250 g/mol. The first-order valence-corrected chi connectivity index (χ1v) is 6.86. The van der Waals surface area contributed by atoms with Crippen molar-refractivity contribution in [1.82, 2.24) is 0 Å². The summed E-state index contributed by atoms with van der Waals surface area (Å²) < 4.78 is 5.93. The van der Waals surface area contributed by atoms with E-state index in [2.05, 4.69) is 19.9 Å². The van der Waals surface area contributed by atoms with E-state index < -0.39 is 6.10 Å². The van der Waals surface area contributed by atoms with E-state index in [0.717, 1.165) is 17.1 Å². The molecule has 0 aliphatic carbocycles. The van der Waals surface area contributed by atoms with Gasteiger partial charge < -0.3 is 15.6 Å². The molecule has 1 atom stereocenters. The van der Waals surface area contributed by atoms with Crippen molar-refractivity contribution < 1.29 is 9.84 Å². The van der Waals surface area contributed by atoms with Crippen LogP contribution >= 0.6 is 0 Å². The third-order valence-corrected chi connectivity index (χ3v) is 3.26. The number of benzene rings is 2. The van der Waals surface area contributed by atoms with Crippen molar-refractivity contribution in [2.24, 2.45) is 5.73 Å². The normalized spacial score (nSPS) is 12.4. The van der Waals surface area contributed by atoms with Crippen LogP contribution in [0.4, 0.5) is 0 Å². The highest BCUT2D eigenvalue weighted by molar-refractivity contribution is 5.40. The first kappa shape index (κ1) is 14.6. The fourth-order valence-electron chi connectivity index (χ4n) is 2.07. The Balaban J connectivity index is 2.18. The molecule has 0 aromatic heterocycles. The first-order chi connectivity index (χ1) is 9.61. The molecule has 0 radical (unpaired) electrons. The van der Waals surface area contributed by atoms with Crippen LogP contribution in [-0.4, -0.2) is 11.7 Å². The van der Waals surface area contributed by atoms with Crippen molar-refractivity contribution in [2.75, 3.05) is 6.54 Å². The zero-order valence-electron chi connectivity index (χ0n) is 11.9. The summed E-state index contributed by atoms with van der Waals surface area (Å²) in [5.74, 6) is 2.03. The van der Waals surface area contributed by atoms with Gasteiger partial charge in [-0.25, -0.2) is 0 Å². The second kappa shape index (κ2) is 6.55. The summed E-state index contributed by atoms with van der Waals surface area (Å²) >= 11 is 0. The number of aliphatic hydroxyl groups is 1. The molecule has 0 spiro atoms. The van der Waals surface area contributed by atoms with E-state index in [-0.39, 0.29) is 6.54 Å². The molecule has 2 aromatic rings. The van der Waals surface area contributed by atoms with E-state index in [4.69, 9.17) is 10.5 Å². The minimum absolute atomic E-state index is 0.219. The van der Waals surface area contributed by atoms with Gasteiger partial charge >= 0.3 is 0 Å². The molecule has 0 saturated carbocycles. The fourth-order valence-corrected chi connectivity index (χ4v) is 2.07. The largest absolute Gasteiger partial charge is 0.457 e. The van der Waals surface area contributed by atoms with Crippen molar-refractivity contribution >= 4 is 0 Å². The van der Waals surface area contributed by atoms with Gasteiger partial charge in [-0.05, 0) is 35.2 Å². The Morgan fingerprint density at radius 2 is 1.70 bits per heavy atom. The molecular formula is C17H21NO2. The highest BCUT2D eigenvalue weighted by Crippen LogP contribution is 2.30. The van der Waals surface area contributed by atoms with Gasteiger partial charge in [0.25, 0.3) is 0 Å². The van der Waals surface area contributed by atoms with E-state index >= 15 is 0 Å². The number of aliphatic hydroxyl groups excluding tert-OH is 1. The number of hydrogen-bond donors (Lipinski definition) is 2. The summed E-state index contributed by atoms with van der Waals surface area (Å²) in [6.45, 7) is 4.50. The maximum atomic E-state index is 9.66. The van der Waals surface area contributed by atoms with Gasteiger partial charge in [-0.2, -0.15) is 0 Å². The highest BCUT2D eigenvalue weighted by atomic mass is 16.5. The Hall–Kier alpha value is -1.84. The molecule has 0 saturated heterocycles. The average molecular weight is 271 g/mol. The lowest BCUT2D eigenvalue weighted by atomic mass is 10.0. The molecule has 106 valence electrons. The zero-order chi connectivity index (χ0) is 14.5. The molecule has 2 aromatic carbocycles. The number of nitrogens with two attached hydrogens (primary N) is 1. The van der Waals surface area contributed by atoms with Crippen LogP contribution in [0.5, 0.6) is 11.5 Å². The maximum Gasteiger partial charge on any atom is 0.130 e. The third-order valence-electron chi connectivity index (χ3n) is 3.26. The summed E-state index contributed by atoms with van der Waals surface area (Å²) in [7, 11) is 0. The van der Waals surface area contributed by atoms with Gasteiger partial charge in [0.15, 0.2) is 0 Å². The fraction of sp³-hybridized carbons (Fsp3) is 0.294. The van der Waals surface area contributed by atoms with Crippen LogP contribution in [-0.2, 0) is 0 Å². The predicted octanol–water partition coefficient (Wildman–Crippen LogP) is 3.59. The number of ether oxygens (including phenoxy) is 1. The van der Waals surface area contributed by atoms with E-state index in [1.54, 1.807) is 0 Å². The SMILES string of the molecule is CC(C)c1ccccc1Oc1ccc(C(O)CN)cc1. The first-order valence-electron chi connectivity index (χ1n) is 6.86. The average Bonchev–Trinajstić information content (AvgIpc) is 2.47. The summed E-state index contributed by atoms with van der Waals surface area (Å²) in [6, 6.07) is 15.4. The molecule has 0 aliphatic heterocycles. The molecule has 0 fully saturated rings. The molecule has 3 N–H and O–H groups in total. The van der Waals surface area contributed by atoms with E-state index in [0.29, 0.717) is 5.92 Å². The van der Waals surface area contributed by atoms with Crippen LogP contribution < -0.4 is 10.5 Å². The maximum absolute atomic E-state index is 9.66.